The summed E-state index contributed by atoms with van der Waals surface area (Å²) in [5, 5.41) is 15.1. The summed E-state index contributed by atoms with van der Waals surface area (Å²) in [7, 11) is 1.53. The van der Waals surface area contributed by atoms with Gasteiger partial charge in [0.05, 0.1) is 13.2 Å². The van der Waals surface area contributed by atoms with Crippen molar-refractivity contribution in [2.75, 3.05) is 33.4 Å². The monoisotopic (exact) mass is 563 g/mol. The minimum Gasteiger partial charge on any atom is -0.496 e. The zero-order valence-corrected chi connectivity index (χ0v) is 22.4. The van der Waals surface area contributed by atoms with Gasteiger partial charge in [-0.15, -0.1) is 0 Å². The summed E-state index contributed by atoms with van der Waals surface area (Å²) < 4.78 is 31.9. The zero-order valence-electron chi connectivity index (χ0n) is 22.4. The second kappa shape index (κ2) is 12.3. The van der Waals surface area contributed by atoms with E-state index >= 15 is 0 Å². The molecule has 1 fully saturated rings. The summed E-state index contributed by atoms with van der Waals surface area (Å²) >= 11 is 0. The zero-order chi connectivity index (χ0) is 28.9. The van der Waals surface area contributed by atoms with E-state index in [1.54, 1.807) is 42.5 Å². The Labute approximate surface area is 236 Å². The SMILES string of the molecule is COc1ccc2cc1-c1cccc(c1)OCC(=O)NCc1cc(F)cc(c1)O[C@@H]1CCN(C(=O)CO)C[C@H]1NC2=O. The number of hydrogen-bond acceptors (Lipinski definition) is 7. The van der Waals surface area contributed by atoms with Crippen LogP contribution in [0.1, 0.15) is 22.3 Å². The van der Waals surface area contributed by atoms with E-state index in [2.05, 4.69) is 10.6 Å². The Kier molecular flexibility index (Phi) is 8.34. The van der Waals surface area contributed by atoms with Crippen LogP contribution in [0.15, 0.2) is 60.7 Å². The van der Waals surface area contributed by atoms with Crippen LogP contribution in [0.4, 0.5) is 4.39 Å². The topological polar surface area (TPSA) is 126 Å². The van der Waals surface area contributed by atoms with Crippen molar-refractivity contribution in [2.45, 2.75) is 25.1 Å². The first-order chi connectivity index (χ1) is 19.8. The molecule has 0 aliphatic carbocycles. The second-order valence-electron chi connectivity index (χ2n) is 9.83. The summed E-state index contributed by atoms with van der Waals surface area (Å²) in [6, 6.07) is 15.5. The third kappa shape index (κ3) is 6.58. The number of aliphatic hydroxyl groups excluding tert-OH is 1. The number of rotatable bonds is 2. The fraction of sp³-hybridized carbons (Fsp3) is 0.300. The predicted octanol–water partition coefficient (Wildman–Crippen LogP) is 2.28. The Bertz CT molecular complexity index is 1460. The maximum absolute atomic E-state index is 14.5. The molecule has 3 aromatic rings. The van der Waals surface area contributed by atoms with Crippen LogP contribution in [-0.2, 0) is 16.1 Å². The van der Waals surface area contributed by atoms with Gasteiger partial charge in [0.15, 0.2) is 6.61 Å². The number of halogens is 1. The molecule has 0 spiro atoms. The fourth-order valence-electron chi connectivity index (χ4n) is 4.98. The number of fused-ring (bicyclic) bond motifs is 8. The highest BCUT2D eigenvalue weighted by molar-refractivity contribution is 5.96. The van der Waals surface area contributed by atoms with Gasteiger partial charge < -0.3 is 34.9 Å². The molecule has 10 nitrogen and oxygen atoms in total. The molecule has 3 aromatic carbocycles. The molecule has 3 N–H and O–H groups in total. The van der Waals surface area contributed by atoms with E-state index in [1.165, 1.54) is 24.1 Å². The molecule has 0 aromatic heterocycles. The molecule has 2 aliphatic heterocycles. The number of likely N-dealkylation sites (tertiary alicyclic amines) is 1. The average Bonchev–Trinajstić information content (AvgIpc) is 2.98. The first kappa shape index (κ1) is 27.9. The van der Waals surface area contributed by atoms with Crippen molar-refractivity contribution in [3.63, 3.8) is 0 Å². The number of ether oxygens (including phenoxy) is 3. The minimum atomic E-state index is -0.664. The maximum atomic E-state index is 14.5. The Balaban J connectivity index is 1.53. The molecule has 2 heterocycles. The van der Waals surface area contributed by atoms with Crippen molar-refractivity contribution in [1.29, 1.82) is 0 Å². The van der Waals surface area contributed by atoms with Crippen LogP contribution in [0.25, 0.3) is 11.1 Å². The van der Waals surface area contributed by atoms with Crippen molar-refractivity contribution in [2.24, 2.45) is 0 Å². The minimum absolute atomic E-state index is 0.0446. The number of amides is 3. The van der Waals surface area contributed by atoms with Crippen molar-refractivity contribution in [1.82, 2.24) is 15.5 Å². The molecular formula is C30H30FN3O7. The molecule has 214 valence electrons. The first-order valence-corrected chi connectivity index (χ1v) is 13.2. The highest BCUT2D eigenvalue weighted by Gasteiger charge is 2.34. The van der Waals surface area contributed by atoms with Crippen LogP contribution in [0.3, 0.4) is 0 Å². The van der Waals surface area contributed by atoms with Crippen LogP contribution >= 0.6 is 0 Å². The van der Waals surface area contributed by atoms with Gasteiger partial charge >= 0.3 is 0 Å². The van der Waals surface area contributed by atoms with Crippen molar-refractivity contribution in [3.05, 3.63) is 77.6 Å². The molecule has 0 saturated carbocycles. The molecule has 5 rings (SSSR count). The Morgan fingerprint density at radius 1 is 1.10 bits per heavy atom. The van der Waals surface area contributed by atoms with E-state index < -0.39 is 42.3 Å². The standard InChI is InChI=1S/C30H30FN3O7/c1-39-26-6-5-20-12-24(26)19-3-2-4-22(11-19)40-17-28(36)32-14-18-9-21(31)13-23(10-18)41-27-7-8-34(29(37)16-35)15-25(27)33-30(20)38/h2-6,9-13,25,27,35H,7-8,14-17H2,1H3,(H,32,36)(H,33,38)/t25-,27-/m1/s1. The van der Waals surface area contributed by atoms with E-state index in [0.717, 1.165) is 0 Å². The van der Waals surface area contributed by atoms with E-state index in [0.29, 0.717) is 40.2 Å². The normalized spacial score (nSPS) is 19.1. The van der Waals surface area contributed by atoms with Gasteiger partial charge in [-0.05, 0) is 53.6 Å². The third-order valence-electron chi connectivity index (χ3n) is 7.04. The first-order valence-electron chi connectivity index (χ1n) is 13.2. The molecule has 11 heteroatoms. The van der Waals surface area contributed by atoms with Crippen LogP contribution in [0, 0.1) is 5.82 Å². The van der Waals surface area contributed by atoms with Crippen LogP contribution < -0.4 is 24.8 Å². The number of nitrogens with one attached hydrogen (secondary N) is 2. The summed E-state index contributed by atoms with van der Waals surface area (Å²) in [6.07, 6.45) is -0.270. The van der Waals surface area contributed by atoms with Gasteiger partial charge in [0.2, 0.25) is 5.91 Å². The summed E-state index contributed by atoms with van der Waals surface area (Å²) in [4.78, 5) is 39.7. The van der Waals surface area contributed by atoms with Gasteiger partial charge in [0, 0.05) is 43.2 Å². The highest BCUT2D eigenvalue weighted by atomic mass is 19.1. The molecule has 6 bridgehead atoms. The third-order valence-corrected chi connectivity index (χ3v) is 7.04. The van der Waals surface area contributed by atoms with Gasteiger partial charge in [-0.3, -0.25) is 14.4 Å². The molecule has 41 heavy (non-hydrogen) atoms. The summed E-state index contributed by atoms with van der Waals surface area (Å²) in [5.41, 5.74) is 2.15. The summed E-state index contributed by atoms with van der Waals surface area (Å²) in [6.45, 7) is -0.485. The lowest BCUT2D eigenvalue weighted by Gasteiger charge is -2.38. The Morgan fingerprint density at radius 3 is 2.76 bits per heavy atom. The van der Waals surface area contributed by atoms with Crippen LogP contribution in [0.2, 0.25) is 0 Å². The lowest BCUT2D eigenvalue weighted by atomic mass is 9.99. The van der Waals surface area contributed by atoms with E-state index in [1.807, 2.05) is 6.07 Å². The summed E-state index contributed by atoms with van der Waals surface area (Å²) in [5.74, 6) is -0.635. The van der Waals surface area contributed by atoms with Crippen molar-refractivity contribution >= 4 is 17.7 Å². The molecule has 0 unspecified atom stereocenters. The van der Waals surface area contributed by atoms with E-state index in [-0.39, 0.29) is 32.0 Å². The van der Waals surface area contributed by atoms with Gasteiger partial charge in [-0.25, -0.2) is 4.39 Å². The lowest BCUT2D eigenvalue weighted by molar-refractivity contribution is -0.136. The van der Waals surface area contributed by atoms with Crippen LogP contribution in [-0.4, -0.2) is 73.3 Å². The average molecular weight is 564 g/mol. The number of carbonyl (C=O) groups excluding carboxylic acids is 3. The fourth-order valence-corrected chi connectivity index (χ4v) is 4.98. The van der Waals surface area contributed by atoms with Gasteiger partial charge in [-0.2, -0.15) is 0 Å². The number of benzene rings is 3. The number of nitrogens with zero attached hydrogens (tertiary/aromatic N) is 1. The molecule has 2 aliphatic rings. The van der Waals surface area contributed by atoms with Crippen molar-refractivity contribution < 1.29 is 38.1 Å². The van der Waals surface area contributed by atoms with Gasteiger partial charge in [0.25, 0.3) is 11.8 Å². The molecule has 2 atom stereocenters. The van der Waals surface area contributed by atoms with Gasteiger partial charge in [-0.1, -0.05) is 12.1 Å². The molecular weight excluding hydrogens is 533 g/mol. The second-order valence-corrected chi connectivity index (χ2v) is 9.83. The van der Waals surface area contributed by atoms with E-state index in [9.17, 15) is 23.9 Å². The molecule has 0 radical (unpaired) electrons. The number of piperidine rings is 1. The van der Waals surface area contributed by atoms with Gasteiger partial charge in [0.1, 0.15) is 35.8 Å². The lowest BCUT2D eigenvalue weighted by Crippen LogP contribution is -2.58. The number of hydrogen-bond donors (Lipinski definition) is 3. The quantitative estimate of drug-likeness (QED) is 0.437. The predicted molar refractivity (Wildman–Crippen MR) is 146 cm³/mol. The largest absolute Gasteiger partial charge is 0.496 e. The van der Waals surface area contributed by atoms with Crippen LogP contribution in [0.5, 0.6) is 17.2 Å². The smallest absolute Gasteiger partial charge is 0.258 e. The number of carbonyl (C=O) groups is 3. The number of aliphatic hydroxyl groups is 1. The molecule has 1 saturated heterocycles. The highest BCUT2D eigenvalue weighted by Crippen LogP contribution is 2.33. The number of methoxy groups -OCH3 is 1. The Hall–Kier alpha value is -4.64. The maximum Gasteiger partial charge on any atom is 0.258 e. The Morgan fingerprint density at radius 2 is 1.95 bits per heavy atom. The molecule has 3 amide bonds. The van der Waals surface area contributed by atoms with Crippen molar-refractivity contribution in [3.8, 4) is 28.4 Å². The van der Waals surface area contributed by atoms with E-state index in [4.69, 9.17) is 14.2 Å².